The van der Waals surface area contributed by atoms with Crippen LogP contribution in [0.25, 0.3) is 16.9 Å². The van der Waals surface area contributed by atoms with Crippen LogP contribution in [0.1, 0.15) is 61.8 Å². The largest absolute Gasteiger partial charge is 0.368 e. The zero-order chi connectivity index (χ0) is 29.4. The van der Waals surface area contributed by atoms with E-state index in [0.29, 0.717) is 54.7 Å². The summed E-state index contributed by atoms with van der Waals surface area (Å²) in [5, 5.41) is 22.6. The summed E-state index contributed by atoms with van der Waals surface area (Å²) >= 11 is 0. The molecule has 5 heterocycles. The second kappa shape index (κ2) is 10.9. The minimum absolute atomic E-state index is 0.0322. The van der Waals surface area contributed by atoms with Gasteiger partial charge < -0.3 is 15.4 Å². The fraction of sp³-hybridized carbons (Fsp3) is 0.407. The molecule has 1 saturated carbocycles. The maximum absolute atomic E-state index is 13.5. The molecular weight excluding hydrogens is 543 g/mol. The van der Waals surface area contributed by atoms with Crippen molar-refractivity contribution in [2.24, 2.45) is 7.05 Å². The van der Waals surface area contributed by atoms with Crippen LogP contribution in [-0.4, -0.2) is 68.3 Å². The van der Waals surface area contributed by atoms with Crippen molar-refractivity contribution in [3.8, 4) is 5.82 Å². The molecule has 0 aromatic carbocycles. The standard InChI is InChI=1S/C27H31FN12O2/c1-15-9-21(38-37-15)34-24-19-11-31-39(3)25(19)36-23(35-24)17-5-7-27(42-4,8-6-17)26(41)33-16(2)20-12-30-22(13-29-20)40-14-18(28)10-32-40/h9-14,16-17H,5-8H2,1-4H3,(H,33,41)(H2,34,35,36,37,38)/t16-,17-,27+/m0/s1. The molecule has 0 radical (unpaired) electrons. The van der Waals surface area contributed by atoms with Crippen molar-refractivity contribution >= 4 is 28.6 Å². The Morgan fingerprint density at radius 2 is 1.98 bits per heavy atom. The molecule has 1 amide bonds. The number of H-pyrrole nitrogens is 1. The number of rotatable bonds is 8. The van der Waals surface area contributed by atoms with E-state index >= 15 is 0 Å². The van der Waals surface area contributed by atoms with Gasteiger partial charge >= 0.3 is 0 Å². The van der Waals surface area contributed by atoms with E-state index in [1.54, 1.807) is 18.0 Å². The number of nitrogens with one attached hydrogen (secondary N) is 3. The quantitative estimate of drug-likeness (QED) is 0.250. The first-order valence-corrected chi connectivity index (χ1v) is 13.6. The molecule has 1 aliphatic carbocycles. The van der Waals surface area contributed by atoms with Gasteiger partial charge in [0.2, 0.25) is 0 Å². The van der Waals surface area contributed by atoms with Gasteiger partial charge in [-0.2, -0.15) is 15.3 Å². The Kier molecular flexibility index (Phi) is 7.10. The zero-order valence-corrected chi connectivity index (χ0v) is 23.7. The number of nitrogens with zero attached hydrogens (tertiary/aromatic N) is 9. The number of halogens is 1. The summed E-state index contributed by atoms with van der Waals surface area (Å²) in [6.07, 6.45) is 9.38. The maximum Gasteiger partial charge on any atom is 0.252 e. The molecule has 0 spiro atoms. The Bertz CT molecular complexity index is 1720. The van der Waals surface area contributed by atoms with Crippen LogP contribution in [0.15, 0.2) is 37.1 Å². The van der Waals surface area contributed by atoms with Gasteiger partial charge in [-0.1, -0.05) is 0 Å². The predicted molar refractivity (Wildman–Crippen MR) is 150 cm³/mol. The number of methoxy groups -OCH3 is 1. The van der Waals surface area contributed by atoms with E-state index in [4.69, 9.17) is 14.7 Å². The minimum Gasteiger partial charge on any atom is -0.368 e. The van der Waals surface area contributed by atoms with Crippen molar-refractivity contribution in [1.29, 1.82) is 0 Å². The first kappa shape index (κ1) is 27.4. The highest BCUT2D eigenvalue weighted by molar-refractivity contribution is 5.88. The molecular formula is C27H31FN12O2. The molecule has 0 unspecified atom stereocenters. The topological polar surface area (TPSA) is 166 Å². The van der Waals surface area contributed by atoms with E-state index < -0.39 is 17.5 Å². The number of carbonyl (C=O) groups excluding carboxylic acids is 1. The van der Waals surface area contributed by atoms with Gasteiger partial charge in [-0.05, 0) is 39.5 Å². The van der Waals surface area contributed by atoms with Crippen molar-refractivity contribution in [2.45, 2.75) is 57.1 Å². The molecule has 6 rings (SSSR count). The number of anilines is 2. The highest BCUT2D eigenvalue weighted by atomic mass is 19.1. The van der Waals surface area contributed by atoms with Crippen molar-refractivity contribution in [1.82, 2.24) is 55.0 Å². The number of amides is 1. The van der Waals surface area contributed by atoms with Crippen LogP contribution in [0.5, 0.6) is 0 Å². The average molecular weight is 575 g/mol. The molecule has 218 valence electrons. The summed E-state index contributed by atoms with van der Waals surface area (Å²) in [5.41, 5.74) is 1.22. The van der Waals surface area contributed by atoms with E-state index in [2.05, 4.69) is 41.0 Å². The fourth-order valence-corrected chi connectivity index (χ4v) is 5.29. The number of aromatic nitrogens is 10. The number of hydrogen-bond acceptors (Lipinski definition) is 10. The lowest BCUT2D eigenvalue weighted by atomic mass is 9.77. The molecule has 5 aromatic heterocycles. The van der Waals surface area contributed by atoms with Crippen LogP contribution < -0.4 is 10.6 Å². The maximum atomic E-state index is 13.5. The lowest BCUT2D eigenvalue weighted by molar-refractivity contribution is -0.148. The molecule has 1 atom stereocenters. The van der Waals surface area contributed by atoms with Crippen LogP contribution in [-0.2, 0) is 16.6 Å². The van der Waals surface area contributed by atoms with E-state index in [-0.39, 0.29) is 11.8 Å². The summed E-state index contributed by atoms with van der Waals surface area (Å²) in [5.74, 6) is 1.70. The van der Waals surface area contributed by atoms with Crippen LogP contribution in [0.3, 0.4) is 0 Å². The van der Waals surface area contributed by atoms with E-state index in [9.17, 15) is 9.18 Å². The summed E-state index contributed by atoms with van der Waals surface area (Å²) in [4.78, 5) is 31.9. The van der Waals surface area contributed by atoms with Crippen LogP contribution in [0.4, 0.5) is 16.0 Å². The summed E-state index contributed by atoms with van der Waals surface area (Å²) in [7, 11) is 3.41. The number of aryl methyl sites for hydroxylation is 2. The molecule has 14 nitrogen and oxygen atoms in total. The van der Waals surface area contributed by atoms with Gasteiger partial charge in [0.15, 0.2) is 23.1 Å². The predicted octanol–water partition coefficient (Wildman–Crippen LogP) is 3.17. The molecule has 0 aliphatic heterocycles. The number of ether oxygens (including phenoxy) is 1. The molecule has 0 saturated heterocycles. The normalized spacial score (nSPS) is 19.6. The third-order valence-electron chi connectivity index (χ3n) is 7.76. The summed E-state index contributed by atoms with van der Waals surface area (Å²) in [6.45, 7) is 3.76. The third kappa shape index (κ3) is 5.18. The van der Waals surface area contributed by atoms with E-state index in [1.807, 2.05) is 27.0 Å². The minimum atomic E-state index is -0.991. The fourth-order valence-electron chi connectivity index (χ4n) is 5.29. The molecule has 5 aromatic rings. The average Bonchev–Trinajstić information content (AvgIpc) is 3.73. The van der Waals surface area contributed by atoms with E-state index in [1.165, 1.54) is 23.3 Å². The first-order valence-electron chi connectivity index (χ1n) is 13.6. The summed E-state index contributed by atoms with van der Waals surface area (Å²) in [6, 6.07) is 1.48. The number of carbonyl (C=O) groups is 1. The van der Waals surface area contributed by atoms with Crippen LogP contribution in [0, 0.1) is 12.7 Å². The van der Waals surface area contributed by atoms with Crippen LogP contribution >= 0.6 is 0 Å². The first-order chi connectivity index (χ1) is 20.2. The Morgan fingerprint density at radius 1 is 1.17 bits per heavy atom. The molecule has 1 fully saturated rings. The number of hydrogen-bond donors (Lipinski definition) is 3. The third-order valence-corrected chi connectivity index (χ3v) is 7.76. The monoisotopic (exact) mass is 574 g/mol. The molecule has 0 bridgehead atoms. The SMILES string of the molecule is CO[C@]1(C(=O)N[C@@H](C)c2cnc(-n3cc(F)cn3)cn2)CC[C@H](c2nc(Nc3cc(C)[nH]n3)c3cnn(C)c3n2)CC1. The van der Waals surface area contributed by atoms with Crippen LogP contribution in [0.2, 0.25) is 0 Å². The Morgan fingerprint density at radius 3 is 2.62 bits per heavy atom. The highest BCUT2D eigenvalue weighted by Gasteiger charge is 2.43. The lowest BCUT2D eigenvalue weighted by Gasteiger charge is -2.38. The zero-order valence-electron chi connectivity index (χ0n) is 23.7. The molecule has 42 heavy (non-hydrogen) atoms. The van der Waals surface area contributed by atoms with Gasteiger partial charge in [-0.3, -0.25) is 19.6 Å². The highest BCUT2D eigenvalue weighted by Crippen LogP contribution is 2.40. The van der Waals surface area contributed by atoms with Crippen molar-refractivity contribution in [2.75, 3.05) is 12.4 Å². The second-order valence-electron chi connectivity index (χ2n) is 10.6. The Labute approximate surface area is 240 Å². The van der Waals surface area contributed by atoms with Gasteiger partial charge in [0, 0.05) is 31.8 Å². The smallest absolute Gasteiger partial charge is 0.252 e. The number of fused-ring (bicyclic) bond motifs is 1. The number of aromatic amines is 1. The second-order valence-corrected chi connectivity index (χ2v) is 10.6. The molecule has 1 aliphatic rings. The van der Waals surface area contributed by atoms with Gasteiger partial charge in [-0.25, -0.2) is 24.0 Å². The van der Waals surface area contributed by atoms with Gasteiger partial charge in [0.25, 0.3) is 5.91 Å². The van der Waals surface area contributed by atoms with Crippen molar-refractivity contribution < 1.29 is 13.9 Å². The lowest BCUT2D eigenvalue weighted by Crippen LogP contribution is -2.51. The van der Waals surface area contributed by atoms with E-state index in [0.717, 1.165) is 22.9 Å². The molecule has 15 heteroatoms. The van der Waals surface area contributed by atoms with Gasteiger partial charge in [-0.15, -0.1) is 0 Å². The Hall–Kier alpha value is -4.79. The van der Waals surface area contributed by atoms with Crippen molar-refractivity contribution in [3.63, 3.8) is 0 Å². The van der Waals surface area contributed by atoms with Gasteiger partial charge in [0.05, 0.1) is 48.1 Å². The molecule has 3 N–H and O–H groups in total. The summed E-state index contributed by atoms with van der Waals surface area (Å²) < 4.78 is 22.2. The Balaban J connectivity index is 1.15. The van der Waals surface area contributed by atoms with Crippen molar-refractivity contribution in [3.05, 3.63) is 60.1 Å². The van der Waals surface area contributed by atoms with Gasteiger partial charge in [0.1, 0.15) is 17.2 Å².